The van der Waals surface area contributed by atoms with Crippen molar-refractivity contribution >= 4 is 19.8 Å². The van der Waals surface area contributed by atoms with E-state index >= 15 is 0 Å². The maximum atomic E-state index is 11.9. The number of unbranched alkanes of at least 4 members (excludes halogenated alkanes) is 22. The van der Waals surface area contributed by atoms with E-state index in [1.807, 2.05) is 0 Å². The van der Waals surface area contributed by atoms with E-state index < -0.39 is 32.5 Å². The van der Waals surface area contributed by atoms with Gasteiger partial charge in [0.15, 0.2) is 6.10 Å². The van der Waals surface area contributed by atoms with Crippen molar-refractivity contribution < 1.29 is 37.9 Å². The maximum absolute atomic E-state index is 11.9. The van der Waals surface area contributed by atoms with Gasteiger partial charge >= 0.3 is 19.8 Å². The first-order valence-electron chi connectivity index (χ1n) is 16.3. The number of esters is 2. The fraction of sp³-hybridized carbons (Fsp3) is 0.935. The molecule has 0 aromatic rings. The molecule has 2 N–H and O–H groups in total. The van der Waals surface area contributed by atoms with Gasteiger partial charge in [0, 0.05) is 13.3 Å². The first kappa shape index (κ1) is 39.0. The molecule has 0 aliphatic rings. The fourth-order valence-corrected chi connectivity index (χ4v) is 5.20. The monoisotopic (exact) mass is 592 g/mol. The Hall–Kier alpha value is -0.950. The SMILES string of the molecule is CCCCCCCCCCCCCCCCCCCCCCCCCC(=O)OC[C@H](COP(=O)(O)O)OC(C)=O. The van der Waals surface area contributed by atoms with Crippen LogP contribution in [0.2, 0.25) is 0 Å². The maximum Gasteiger partial charge on any atom is 0.469 e. The summed E-state index contributed by atoms with van der Waals surface area (Å²) in [6.07, 6.45) is 29.5. The number of phosphoric acid groups is 1. The molecule has 0 saturated heterocycles. The van der Waals surface area contributed by atoms with Crippen LogP contribution in [0.1, 0.15) is 168 Å². The van der Waals surface area contributed by atoms with Crippen LogP contribution in [0.3, 0.4) is 0 Å². The Morgan fingerprint density at radius 2 is 0.950 bits per heavy atom. The van der Waals surface area contributed by atoms with Crippen molar-refractivity contribution in [2.24, 2.45) is 0 Å². The van der Waals surface area contributed by atoms with E-state index in [1.165, 1.54) is 128 Å². The average Bonchev–Trinajstić information content (AvgIpc) is 2.90. The minimum Gasteiger partial charge on any atom is -0.462 e. The van der Waals surface area contributed by atoms with E-state index in [2.05, 4.69) is 11.4 Å². The van der Waals surface area contributed by atoms with Crippen molar-refractivity contribution in [3.05, 3.63) is 0 Å². The third-order valence-corrected chi connectivity index (χ3v) is 7.66. The lowest BCUT2D eigenvalue weighted by Gasteiger charge is -2.17. The van der Waals surface area contributed by atoms with Gasteiger partial charge in [-0.1, -0.05) is 148 Å². The number of hydrogen-bond acceptors (Lipinski definition) is 6. The molecule has 0 amide bonds. The molecular formula is C31H61O8P. The number of ether oxygens (including phenoxy) is 2. The molecule has 238 valence electrons. The molecule has 0 aromatic carbocycles. The van der Waals surface area contributed by atoms with Crippen molar-refractivity contribution in [1.29, 1.82) is 0 Å². The molecule has 0 radical (unpaired) electrons. The van der Waals surface area contributed by atoms with E-state index in [0.29, 0.717) is 0 Å². The summed E-state index contributed by atoms with van der Waals surface area (Å²) in [5.41, 5.74) is 0. The lowest BCUT2D eigenvalue weighted by molar-refractivity contribution is -0.159. The van der Waals surface area contributed by atoms with Crippen molar-refractivity contribution in [2.75, 3.05) is 13.2 Å². The van der Waals surface area contributed by atoms with Crippen LogP contribution in [0.4, 0.5) is 0 Å². The quantitative estimate of drug-likeness (QED) is 0.0482. The zero-order valence-electron chi connectivity index (χ0n) is 25.8. The Morgan fingerprint density at radius 3 is 1.27 bits per heavy atom. The summed E-state index contributed by atoms with van der Waals surface area (Å²) >= 11 is 0. The first-order chi connectivity index (χ1) is 19.2. The Labute approximate surface area is 244 Å². The van der Waals surface area contributed by atoms with Crippen LogP contribution >= 0.6 is 7.82 Å². The van der Waals surface area contributed by atoms with Gasteiger partial charge in [0.05, 0.1) is 6.61 Å². The lowest BCUT2D eigenvalue weighted by Crippen LogP contribution is -2.28. The molecule has 0 saturated carbocycles. The van der Waals surface area contributed by atoms with E-state index in [-0.39, 0.29) is 13.0 Å². The summed E-state index contributed by atoms with van der Waals surface area (Å²) in [6.45, 7) is 2.60. The summed E-state index contributed by atoms with van der Waals surface area (Å²) in [5.74, 6) is -1.07. The number of hydrogen-bond donors (Lipinski definition) is 2. The lowest BCUT2D eigenvalue weighted by atomic mass is 10.0. The van der Waals surface area contributed by atoms with E-state index in [9.17, 15) is 14.2 Å². The molecule has 0 spiro atoms. The minimum absolute atomic E-state index is 0.269. The number of carbonyl (C=O) groups is 2. The van der Waals surface area contributed by atoms with Gasteiger partial charge in [-0.25, -0.2) is 4.57 Å². The molecule has 8 nitrogen and oxygen atoms in total. The zero-order valence-corrected chi connectivity index (χ0v) is 26.6. The number of carbonyl (C=O) groups excluding carboxylic acids is 2. The average molecular weight is 593 g/mol. The van der Waals surface area contributed by atoms with Crippen LogP contribution < -0.4 is 0 Å². The summed E-state index contributed by atoms with van der Waals surface area (Å²) < 4.78 is 25.1. The molecule has 0 aliphatic heterocycles. The van der Waals surface area contributed by atoms with Crippen molar-refractivity contribution in [1.82, 2.24) is 0 Å². The van der Waals surface area contributed by atoms with Gasteiger partial charge < -0.3 is 19.3 Å². The fourth-order valence-electron chi connectivity index (χ4n) is 4.84. The summed E-state index contributed by atoms with van der Waals surface area (Å²) in [4.78, 5) is 40.5. The van der Waals surface area contributed by atoms with E-state index in [4.69, 9.17) is 19.3 Å². The largest absolute Gasteiger partial charge is 0.469 e. The van der Waals surface area contributed by atoms with Crippen LogP contribution in [-0.2, 0) is 28.2 Å². The molecule has 0 bridgehead atoms. The van der Waals surface area contributed by atoms with Crippen LogP contribution in [-0.4, -0.2) is 41.0 Å². The summed E-state index contributed by atoms with van der Waals surface area (Å²) in [7, 11) is -4.70. The van der Waals surface area contributed by atoms with Gasteiger partial charge in [-0.3, -0.25) is 14.1 Å². The summed E-state index contributed by atoms with van der Waals surface area (Å²) in [6, 6.07) is 0. The Balaban J connectivity index is 3.40. The molecule has 1 atom stereocenters. The van der Waals surface area contributed by atoms with Crippen LogP contribution in [0.5, 0.6) is 0 Å². The van der Waals surface area contributed by atoms with Gasteiger partial charge in [0.25, 0.3) is 0 Å². The second kappa shape index (κ2) is 28.2. The van der Waals surface area contributed by atoms with E-state index in [1.54, 1.807) is 0 Å². The summed E-state index contributed by atoms with van der Waals surface area (Å²) in [5, 5.41) is 0. The van der Waals surface area contributed by atoms with Crippen molar-refractivity contribution in [2.45, 2.75) is 174 Å². The predicted octanol–water partition coefficient (Wildman–Crippen LogP) is 8.95. The number of rotatable bonds is 30. The van der Waals surface area contributed by atoms with Crippen molar-refractivity contribution in [3.8, 4) is 0 Å². The van der Waals surface area contributed by atoms with Crippen LogP contribution in [0, 0.1) is 0 Å². The van der Waals surface area contributed by atoms with Gasteiger partial charge in [0.1, 0.15) is 6.61 Å². The third-order valence-electron chi connectivity index (χ3n) is 7.18. The van der Waals surface area contributed by atoms with E-state index in [0.717, 1.165) is 26.2 Å². The molecule has 9 heteroatoms. The second-order valence-electron chi connectivity index (χ2n) is 11.2. The normalized spacial score (nSPS) is 12.4. The molecule has 0 unspecified atom stereocenters. The van der Waals surface area contributed by atoms with Gasteiger partial charge in [-0.2, -0.15) is 0 Å². The highest BCUT2D eigenvalue weighted by Gasteiger charge is 2.21. The molecule has 0 heterocycles. The smallest absolute Gasteiger partial charge is 0.462 e. The van der Waals surface area contributed by atoms with Crippen LogP contribution in [0.25, 0.3) is 0 Å². The predicted molar refractivity (Wildman–Crippen MR) is 161 cm³/mol. The van der Waals surface area contributed by atoms with Crippen molar-refractivity contribution in [3.63, 3.8) is 0 Å². The van der Waals surface area contributed by atoms with Gasteiger partial charge in [0.2, 0.25) is 0 Å². The van der Waals surface area contributed by atoms with Crippen LogP contribution in [0.15, 0.2) is 0 Å². The van der Waals surface area contributed by atoms with Gasteiger partial charge in [-0.15, -0.1) is 0 Å². The zero-order chi connectivity index (χ0) is 29.7. The second-order valence-corrected chi connectivity index (χ2v) is 12.5. The highest BCUT2D eigenvalue weighted by Crippen LogP contribution is 2.35. The highest BCUT2D eigenvalue weighted by molar-refractivity contribution is 7.46. The molecular weight excluding hydrogens is 531 g/mol. The molecule has 0 rings (SSSR count). The Morgan fingerprint density at radius 1 is 0.600 bits per heavy atom. The standard InChI is InChI=1S/C31H61O8P/c1-3-4-5-6-7-8-9-10-11-12-13-14-15-16-17-18-19-20-21-22-23-24-25-26-31(33)37-27-30(39-29(2)32)28-38-40(34,35)36/h30H,3-28H2,1-2H3,(H2,34,35,36)/t30-/m1/s1. The molecule has 0 fully saturated rings. The minimum atomic E-state index is -4.70. The molecule has 40 heavy (non-hydrogen) atoms. The Kier molecular flexibility index (Phi) is 27.5. The first-order valence-corrected chi connectivity index (χ1v) is 17.8. The highest BCUT2D eigenvalue weighted by atomic mass is 31.2. The third kappa shape index (κ3) is 31.6. The topological polar surface area (TPSA) is 119 Å². The molecule has 0 aliphatic carbocycles. The van der Waals surface area contributed by atoms with Gasteiger partial charge in [-0.05, 0) is 6.42 Å². The molecule has 0 aromatic heterocycles. The Bertz CT molecular complexity index is 637. The number of phosphoric ester groups is 1.